The van der Waals surface area contributed by atoms with Gasteiger partial charge in [0.2, 0.25) is 0 Å². The number of thiocarbonyl (C=S) groups is 1. The summed E-state index contributed by atoms with van der Waals surface area (Å²) in [5.74, 6) is 1.21. The smallest absolute Gasteiger partial charge is 0.271 e. The van der Waals surface area contributed by atoms with E-state index in [4.69, 9.17) is 16.7 Å². The lowest BCUT2D eigenvalue weighted by molar-refractivity contribution is -0.384. The van der Waals surface area contributed by atoms with Crippen LogP contribution in [0.1, 0.15) is 26.5 Å². The molecule has 0 aliphatic carbocycles. The molecule has 2 rings (SSSR count). The zero-order valence-corrected chi connectivity index (χ0v) is 13.2. The van der Waals surface area contributed by atoms with E-state index < -0.39 is 4.92 Å². The number of nitro groups is 1. The molecule has 1 aromatic heterocycles. The number of benzene rings is 1. The summed E-state index contributed by atoms with van der Waals surface area (Å²) in [5.41, 5.74) is 0.359. The fourth-order valence-corrected chi connectivity index (χ4v) is 1.89. The van der Waals surface area contributed by atoms with Crippen LogP contribution in [0.25, 0.3) is 0 Å². The second-order valence-electron chi connectivity index (χ2n) is 5.71. The topological polar surface area (TPSA) is 93.2 Å². The second kappa shape index (κ2) is 6.10. The van der Waals surface area contributed by atoms with Gasteiger partial charge in [-0.15, -0.1) is 0 Å². The number of aromatic nitrogens is 1. The Labute approximate surface area is 132 Å². The summed E-state index contributed by atoms with van der Waals surface area (Å²) in [7, 11) is 0. The largest absolute Gasteiger partial charge is 0.359 e. The van der Waals surface area contributed by atoms with Crippen LogP contribution in [0.3, 0.4) is 0 Å². The Morgan fingerprint density at radius 2 is 2.05 bits per heavy atom. The summed E-state index contributed by atoms with van der Waals surface area (Å²) >= 11 is 5.16. The molecule has 0 saturated carbocycles. The minimum atomic E-state index is -0.463. The average molecular weight is 320 g/mol. The molecule has 0 saturated heterocycles. The summed E-state index contributed by atoms with van der Waals surface area (Å²) in [6, 6.07) is 7.84. The highest BCUT2D eigenvalue weighted by Gasteiger charge is 2.20. The van der Waals surface area contributed by atoms with E-state index in [1.54, 1.807) is 18.2 Å². The van der Waals surface area contributed by atoms with Crippen molar-refractivity contribution < 1.29 is 9.45 Å². The van der Waals surface area contributed by atoms with Crippen LogP contribution in [0.4, 0.5) is 17.2 Å². The number of non-ortho nitro benzene ring substituents is 1. The van der Waals surface area contributed by atoms with Gasteiger partial charge < -0.3 is 15.2 Å². The average Bonchev–Trinajstić information content (AvgIpc) is 2.87. The molecule has 2 aromatic rings. The molecule has 0 aliphatic heterocycles. The molecule has 1 heterocycles. The Morgan fingerprint density at radius 3 is 2.64 bits per heavy atom. The maximum Gasteiger partial charge on any atom is 0.271 e. The SMILES string of the molecule is CC(C)(C)c1cc(NC(=S)Nc2cccc([N+](=O)[O-])c2)no1. The van der Waals surface area contributed by atoms with Gasteiger partial charge in [-0.1, -0.05) is 32.0 Å². The molecule has 8 heteroatoms. The van der Waals surface area contributed by atoms with Crippen molar-refractivity contribution in [2.45, 2.75) is 26.2 Å². The standard InChI is InChI=1S/C14H16N4O3S/c1-14(2,3)11-8-12(17-21-11)16-13(22)15-9-5-4-6-10(7-9)18(19)20/h4-8H,1-3H3,(H2,15,16,17,22). The van der Waals surface area contributed by atoms with Crippen LogP contribution in [0.2, 0.25) is 0 Å². The van der Waals surface area contributed by atoms with Gasteiger partial charge in [-0.2, -0.15) is 0 Å². The molecule has 7 nitrogen and oxygen atoms in total. The third kappa shape index (κ3) is 4.01. The lowest BCUT2D eigenvalue weighted by atomic mass is 9.93. The van der Waals surface area contributed by atoms with E-state index >= 15 is 0 Å². The van der Waals surface area contributed by atoms with Crippen molar-refractivity contribution in [3.8, 4) is 0 Å². The van der Waals surface area contributed by atoms with Gasteiger partial charge in [0.25, 0.3) is 5.69 Å². The number of anilines is 2. The van der Waals surface area contributed by atoms with Crippen LogP contribution in [-0.2, 0) is 5.41 Å². The summed E-state index contributed by atoms with van der Waals surface area (Å²) in [5, 5.41) is 20.6. The van der Waals surface area contributed by atoms with Crippen LogP contribution in [0, 0.1) is 10.1 Å². The highest BCUT2D eigenvalue weighted by molar-refractivity contribution is 7.80. The van der Waals surface area contributed by atoms with Gasteiger partial charge in [0.1, 0.15) is 5.76 Å². The van der Waals surface area contributed by atoms with Gasteiger partial charge in [-0.05, 0) is 18.3 Å². The highest BCUT2D eigenvalue weighted by Crippen LogP contribution is 2.24. The monoisotopic (exact) mass is 320 g/mol. The predicted molar refractivity (Wildman–Crippen MR) is 88.1 cm³/mol. The van der Waals surface area contributed by atoms with Crippen molar-refractivity contribution in [3.05, 3.63) is 46.2 Å². The highest BCUT2D eigenvalue weighted by atomic mass is 32.1. The number of hydrogen-bond acceptors (Lipinski definition) is 5. The number of nitrogens with one attached hydrogen (secondary N) is 2. The van der Waals surface area contributed by atoms with Crippen LogP contribution < -0.4 is 10.6 Å². The Kier molecular flexibility index (Phi) is 4.41. The predicted octanol–water partition coefficient (Wildman–Crippen LogP) is 3.69. The van der Waals surface area contributed by atoms with Crippen molar-refractivity contribution in [2.75, 3.05) is 10.6 Å². The summed E-state index contributed by atoms with van der Waals surface area (Å²) < 4.78 is 5.24. The van der Waals surface area contributed by atoms with E-state index in [2.05, 4.69) is 15.8 Å². The maximum absolute atomic E-state index is 10.7. The number of rotatable bonds is 3. The molecule has 0 bridgehead atoms. The first-order valence-electron chi connectivity index (χ1n) is 6.55. The number of nitro benzene ring substituents is 1. The van der Waals surface area contributed by atoms with E-state index in [1.807, 2.05) is 20.8 Å². The molecule has 0 fully saturated rings. The first kappa shape index (κ1) is 15.9. The molecular weight excluding hydrogens is 304 g/mol. The van der Waals surface area contributed by atoms with Crippen molar-refractivity contribution in [2.24, 2.45) is 0 Å². The molecule has 1 aromatic carbocycles. The third-order valence-corrected chi connectivity index (χ3v) is 3.01. The van der Waals surface area contributed by atoms with Crippen LogP contribution in [0.15, 0.2) is 34.9 Å². The Morgan fingerprint density at radius 1 is 1.32 bits per heavy atom. The number of nitrogens with zero attached hydrogens (tertiary/aromatic N) is 2. The summed E-state index contributed by atoms with van der Waals surface area (Å²) in [4.78, 5) is 10.3. The first-order valence-corrected chi connectivity index (χ1v) is 6.96. The molecule has 22 heavy (non-hydrogen) atoms. The third-order valence-electron chi connectivity index (χ3n) is 2.81. The molecule has 0 unspecified atom stereocenters. The minimum absolute atomic E-state index is 0.00995. The Balaban J connectivity index is 2.03. The van der Waals surface area contributed by atoms with Crippen LogP contribution in [0.5, 0.6) is 0 Å². The van der Waals surface area contributed by atoms with Gasteiger partial charge in [0.15, 0.2) is 10.9 Å². The van der Waals surface area contributed by atoms with E-state index in [0.29, 0.717) is 11.5 Å². The van der Waals surface area contributed by atoms with Gasteiger partial charge in [0.05, 0.1) is 4.92 Å². The Hall–Kier alpha value is -2.48. The van der Waals surface area contributed by atoms with Gasteiger partial charge in [0, 0.05) is 29.3 Å². The second-order valence-corrected chi connectivity index (χ2v) is 6.12. The summed E-state index contributed by atoms with van der Waals surface area (Å²) in [6.45, 7) is 6.03. The van der Waals surface area contributed by atoms with E-state index in [9.17, 15) is 10.1 Å². The molecule has 2 N–H and O–H groups in total. The molecule has 0 spiro atoms. The van der Waals surface area contributed by atoms with Gasteiger partial charge in [-0.25, -0.2) is 0 Å². The van der Waals surface area contributed by atoms with Crippen LogP contribution >= 0.6 is 12.2 Å². The van der Waals surface area contributed by atoms with E-state index in [1.165, 1.54) is 12.1 Å². The van der Waals surface area contributed by atoms with Gasteiger partial charge >= 0.3 is 0 Å². The minimum Gasteiger partial charge on any atom is -0.359 e. The lowest BCUT2D eigenvalue weighted by Gasteiger charge is -2.12. The lowest BCUT2D eigenvalue weighted by Crippen LogP contribution is -2.19. The molecule has 0 amide bonds. The van der Waals surface area contributed by atoms with Crippen molar-refractivity contribution in [1.29, 1.82) is 0 Å². The summed E-state index contributed by atoms with van der Waals surface area (Å²) in [6.07, 6.45) is 0. The molecule has 0 aliphatic rings. The van der Waals surface area contributed by atoms with Crippen molar-refractivity contribution in [3.63, 3.8) is 0 Å². The van der Waals surface area contributed by atoms with Gasteiger partial charge in [-0.3, -0.25) is 10.1 Å². The molecule has 0 radical (unpaired) electrons. The fourth-order valence-electron chi connectivity index (χ4n) is 1.66. The van der Waals surface area contributed by atoms with Crippen molar-refractivity contribution >= 4 is 34.5 Å². The van der Waals surface area contributed by atoms with E-state index in [-0.39, 0.29) is 16.2 Å². The maximum atomic E-state index is 10.7. The first-order chi connectivity index (χ1) is 10.3. The van der Waals surface area contributed by atoms with E-state index in [0.717, 1.165) is 5.76 Å². The fraction of sp³-hybridized carbons (Fsp3) is 0.286. The molecule has 0 atom stereocenters. The zero-order chi connectivity index (χ0) is 16.3. The van der Waals surface area contributed by atoms with Crippen molar-refractivity contribution in [1.82, 2.24) is 5.16 Å². The quantitative estimate of drug-likeness (QED) is 0.506. The zero-order valence-electron chi connectivity index (χ0n) is 12.4. The normalized spacial score (nSPS) is 11.0. The Bertz CT molecular complexity index is 706. The molecular formula is C14H16N4O3S. The van der Waals surface area contributed by atoms with Crippen LogP contribution in [-0.4, -0.2) is 15.2 Å². The number of hydrogen-bond donors (Lipinski definition) is 2. The molecule has 116 valence electrons.